The van der Waals surface area contributed by atoms with E-state index in [2.05, 4.69) is 27.9 Å². The molecule has 3 N–H and O–H groups in total. The molecule has 1 aromatic rings. The van der Waals surface area contributed by atoms with Gasteiger partial charge in [0.05, 0.1) is 5.54 Å². The number of carbonyl (C=O) groups is 1. The fourth-order valence-corrected chi connectivity index (χ4v) is 2.99. The second-order valence-corrected chi connectivity index (χ2v) is 6.27. The quantitative estimate of drug-likeness (QED) is 0.817. The summed E-state index contributed by atoms with van der Waals surface area (Å²) in [5.74, 6) is 0.000246. The monoisotopic (exact) mass is 358 g/mol. The zero-order valence-electron chi connectivity index (χ0n) is 10.6. The Balaban J connectivity index is 2.13. The number of amides is 1. The van der Waals surface area contributed by atoms with Crippen LogP contribution in [-0.4, -0.2) is 18.0 Å². The van der Waals surface area contributed by atoms with Gasteiger partial charge in [-0.25, -0.2) is 0 Å². The van der Waals surface area contributed by atoms with Gasteiger partial charge in [-0.3, -0.25) is 4.79 Å². The molecule has 1 fully saturated rings. The SMILES string of the molecule is Cc1ccc(C(=O)NC2(CN)CCCC2)cc1I. The fourth-order valence-electron chi connectivity index (χ4n) is 2.48. The number of hydrogen-bond donors (Lipinski definition) is 2. The maximum Gasteiger partial charge on any atom is 0.251 e. The Hall–Kier alpha value is -0.620. The molecule has 1 aliphatic rings. The number of benzene rings is 1. The molecule has 0 heterocycles. The lowest BCUT2D eigenvalue weighted by atomic mass is 9.97. The van der Waals surface area contributed by atoms with Crippen molar-refractivity contribution < 1.29 is 4.79 Å². The lowest BCUT2D eigenvalue weighted by Gasteiger charge is -2.28. The van der Waals surface area contributed by atoms with Crippen LogP contribution in [0.25, 0.3) is 0 Å². The summed E-state index contributed by atoms with van der Waals surface area (Å²) in [6.45, 7) is 2.57. The van der Waals surface area contributed by atoms with Crippen LogP contribution >= 0.6 is 22.6 Å². The normalized spacial score (nSPS) is 17.7. The third kappa shape index (κ3) is 2.85. The van der Waals surface area contributed by atoms with E-state index in [0.29, 0.717) is 6.54 Å². The van der Waals surface area contributed by atoms with Crippen LogP contribution in [0.1, 0.15) is 41.6 Å². The van der Waals surface area contributed by atoms with Crippen molar-refractivity contribution in [3.8, 4) is 0 Å². The zero-order chi connectivity index (χ0) is 13.2. The molecule has 18 heavy (non-hydrogen) atoms. The van der Waals surface area contributed by atoms with E-state index in [-0.39, 0.29) is 11.4 Å². The van der Waals surface area contributed by atoms with Gasteiger partial charge < -0.3 is 11.1 Å². The second-order valence-electron chi connectivity index (χ2n) is 5.11. The summed E-state index contributed by atoms with van der Waals surface area (Å²) >= 11 is 2.26. The van der Waals surface area contributed by atoms with Crippen LogP contribution in [0.4, 0.5) is 0 Å². The molecule has 0 saturated heterocycles. The van der Waals surface area contributed by atoms with Crippen molar-refractivity contribution in [1.29, 1.82) is 0 Å². The molecule has 1 saturated carbocycles. The van der Waals surface area contributed by atoms with Crippen LogP contribution in [0.2, 0.25) is 0 Å². The molecule has 0 bridgehead atoms. The average Bonchev–Trinajstić information content (AvgIpc) is 2.82. The summed E-state index contributed by atoms with van der Waals surface area (Å²) in [5.41, 5.74) is 7.58. The predicted molar refractivity (Wildman–Crippen MR) is 81.6 cm³/mol. The Labute approximate surface area is 122 Å². The van der Waals surface area contributed by atoms with E-state index in [9.17, 15) is 4.79 Å². The van der Waals surface area contributed by atoms with Crippen molar-refractivity contribution in [2.24, 2.45) is 5.73 Å². The number of nitrogens with one attached hydrogen (secondary N) is 1. The zero-order valence-corrected chi connectivity index (χ0v) is 12.8. The molecule has 4 heteroatoms. The summed E-state index contributed by atoms with van der Waals surface area (Å²) in [4.78, 5) is 12.3. The number of nitrogens with two attached hydrogens (primary N) is 1. The molecule has 3 nitrogen and oxygen atoms in total. The van der Waals surface area contributed by atoms with E-state index < -0.39 is 0 Å². The standard InChI is InChI=1S/C14H19IN2O/c1-10-4-5-11(8-12(10)15)13(18)17-14(9-16)6-2-3-7-14/h4-5,8H,2-3,6-7,9,16H2,1H3,(H,17,18). The van der Waals surface area contributed by atoms with Crippen molar-refractivity contribution >= 4 is 28.5 Å². The molecule has 0 spiro atoms. The van der Waals surface area contributed by atoms with Gasteiger partial charge in [-0.1, -0.05) is 18.9 Å². The Bertz CT molecular complexity index is 453. The summed E-state index contributed by atoms with van der Waals surface area (Å²) in [7, 11) is 0. The van der Waals surface area contributed by atoms with Crippen molar-refractivity contribution in [3.05, 3.63) is 32.9 Å². The smallest absolute Gasteiger partial charge is 0.251 e. The minimum atomic E-state index is -0.173. The molecule has 0 radical (unpaired) electrons. The van der Waals surface area contributed by atoms with Crippen molar-refractivity contribution in [1.82, 2.24) is 5.32 Å². The first-order chi connectivity index (χ1) is 8.56. The van der Waals surface area contributed by atoms with Crippen molar-refractivity contribution in [2.75, 3.05) is 6.54 Å². The Morgan fingerprint density at radius 2 is 2.11 bits per heavy atom. The minimum absolute atomic E-state index is 0.000246. The van der Waals surface area contributed by atoms with Gasteiger partial charge in [-0.15, -0.1) is 0 Å². The Morgan fingerprint density at radius 1 is 1.44 bits per heavy atom. The van der Waals surface area contributed by atoms with Gasteiger partial charge in [0.25, 0.3) is 5.91 Å². The van der Waals surface area contributed by atoms with Crippen LogP contribution in [0, 0.1) is 10.5 Å². The third-order valence-corrected chi connectivity index (χ3v) is 4.93. The van der Waals surface area contributed by atoms with E-state index in [0.717, 1.165) is 34.8 Å². The molecule has 1 aromatic carbocycles. The van der Waals surface area contributed by atoms with E-state index in [1.165, 1.54) is 5.56 Å². The Morgan fingerprint density at radius 3 is 2.67 bits per heavy atom. The lowest BCUT2D eigenvalue weighted by Crippen LogP contribution is -2.51. The van der Waals surface area contributed by atoms with Crippen molar-refractivity contribution in [3.63, 3.8) is 0 Å². The van der Waals surface area contributed by atoms with Gasteiger partial charge in [-0.05, 0) is 60.1 Å². The molecule has 0 aliphatic heterocycles. The van der Waals surface area contributed by atoms with Gasteiger partial charge in [-0.2, -0.15) is 0 Å². The lowest BCUT2D eigenvalue weighted by molar-refractivity contribution is 0.0903. The molecule has 1 amide bonds. The average molecular weight is 358 g/mol. The molecular weight excluding hydrogens is 339 g/mol. The number of carbonyl (C=O) groups excluding carboxylic acids is 1. The van der Waals surface area contributed by atoms with Crippen LogP contribution in [-0.2, 0) is 0 Å². The number of hydrogen-bond acceptors (Lipinski definition) is 2. The maximum absolute atomic E-state index is 12.3. The second kappa shape index (κ2) is 5.57. The topological polar surface area (TPSA) is 55.1 Å². The highest BCUT2D eigenvalue weighted by Crippen LogP contribution is 2.29. The molecule has 2 rings (SSSR count). The van der Waals surface area contributed by atoms with E-state index in [1.807, 2.05) is 25.1 Å². The van der Waals surface area contributed by atoms with E-state index in [1.54, 1.807) is 0 Å². The van der Waals surface area contributed by atoms with Crippen LogP contribution in [0.15, 0.2) is 18.2 Å². The van der Waals surface area contributed by atoms with Gasteiger partial charge in [0, 0.05) is 15.7 Å². The summed E-state index contributed by atoms with van der Waals surface area (Å²) < 4.78 is 1.12. The van der Waals surface area contributed by atoms with Gasteiger partial charge in [0.15, 0.2) is 0 Å². The highest BCUT2D eigenvalue weighted by atomic mass is 127. The third-order valence-electron chi connectivity index (χ3n) is 3.76. The van der Waals surface area contributed by atoms with Crippen LogP contribution < -0.4 is 11.1 Å². The first-order valence-electron chi connectivity index (χ1n) is 6.35. The Kier molecular flexibility index (Phi) is 4.27. The minimum Gasteiger partial charge on any atom is -0.345 e. The first-order valence-corrected chi connectivity index (χ1v) is 7.43. The van der Waals surface area contributed by atoms with E-state index >= 15 is 0 Å². The number of aryl methyl sites for hydroxylation is 1. The maximum atomic E-state index is 12.3. The largest absolute Gasteiger partial charge is 0.345 e. The summed E-state index contributed by atoms with van der Waals surface area (Å²) in [6, 6.07) is 5.80. The predicted octanol–water partition coefficient (Wildman–Crippen LogP) is 2.60. The highest BCUT2D eigenvalue weighted by molar-refractivity contribution is 14.1. The molecule has 98 valence electrons. The number of rotatable bonds is 3. The summed E-state index contributed by atoms with van der Waals surface area (Å²) in [6.07, 6.45) is 4.31. The van der Waals surface area contributed by atoms with Crippen molar-refractivity contribution in [2.45, 2.75) is 38.1 Å². The van der Waals surface area contributed by atoms with E-state index in [4.69, 9.17) is 5.73 Å². The molecule has 0 aromatic heterocycles. The molecular formula is C14H19IN2O. The number of halogens is 1. The van der Waals surface area contributed by atoms with Gasteiger partial charge in [0.1, 0.15) is 0 Å². The van der Waals surface area contributed by atoms with Crippen LogP contribution in [0.5, 0.6) is 0 Å². The fraction of sp³-hybridized carbons (Fsp3) is 0.500. The van der Waals surface area contributed by atoms with Gasteiger partial charge >= 0.3 is 0 Å². The molecule has 0 atom stereocenters. The molecule has 0 unspecified atom stereocenters. The molecule has 1 aliphatic carbocycles. The summed E-state index contributed by atoms with van der Waals surface area (Å²) in [5, 5.41) is 3.14. The first kappa shape index (κ1) is 13.8. The van der Waals surface area contributed by atoms with Crippen LogP contribution in [0.3, 0.4) is 0 Å². The highest BCUT2D eigenvalue weighted by Gasteiger charge is 2.34. The van der Waals surface area contributed by atoms with Gasteiger partial charge in [0.2, 0.25) is 0 Å².